The Morgan fingerprint density at radius 3 is 2.53 bits per heavy atom. The molecule has 0 spiro atoms. The van der Waals surface area contributed by atoms with Crippen LogP contribution in [0.5, 0.6) is 0 Å². The number of carbonyl (C=O) groups is 1. The molecule has 0 fully saturated rings. The summed E-state index contributed by atoms with van der Waals surface area (Å²) in [6.45, 7) is 1.93. The standard InChI is InChI=1S/C14H13NO3S/c1-9-3-4-13(15-8-9)10-5-11(14(16)17)7-12(6-10)19(2)18/h3-8H,1-2H3,(H,16,17). The first-order chi connectivity index (χ1) is 8.97. The van der Waals surface area contributed by atoms with Crippen LogP contribution in [-0.4, -0.2) is 26.5 Å². The normalized spacial score (nSPS) is 12.1. The summed E-state index contributed by atoms with van der Waals surface area (Å²) in [6.07, 6.45) is 3.23. The van der Waals surface area contributed by atoms with Gasteiger partial charge in [-0.15, -0.1) is 0 Å². The molecule has 0 aliphatic carbocycles. The Bertz CT molecular complexity index is 618. The van der Waals surface area contributed by atoms with Gasteiger partial charge in [0.1, 0.15) is 0 Å². The van der Waals surface area contributed by atoms with E-state index >= 15 is 0 Å². The number of carboxylic acid groups (broad SMARTS) is 1. The van der Waals surface area contributed by atoms with Crippen molar-refractivity contribution in [1.82, 2.24) is 4.98 Å². The molecule has 0 aliphatic rings. The van der Waals surface area contributed by atoms with E-state index in [0.717, 1.165) is 5.56 Å². The molecule has 1 N–H and O–H groups in total. The summed E-state index contributed by atoms with van der Waals surface area (Å²) in [6, 6.07) is 8.39. The lowest BCUT2D eigenvalue weighted by Gasteiger charge is -2.06. The minimum Gasteiger partial charge on any atom is -0.478 e. The maximum absolute atomic E-state index is 11.6. The average molecular weight is 275 g/mol. The molecule has 2 rings (SSSR count). The zero-order chi connectivity index (χ0) is 14.0. The summed E-state index contributed by atoms with van der Waals surface area (Å²) in [5.41, 5.74) is 2.47. The van der Waals surface area contributed by atoms with Crippen LogP contribution in [0.15, 0.2) is 41.4 Å². The lowest BCUT2D eigenvalue weighted by atomic mass is 10.1. The molecular weight excluding hydrogens is 262 g/mol. The van der Waals surface area contributed by atoms with Crippen molar-refractivity contribution in [3.05, 3.63) is 47.7 Å². The summed E-state index contributed by atoms with van der Waals surface area (Å²) < 4.78 is 11.6. The van der Waals surface area contributed by atoms with Crippen molar-refractivity contribution >= 4 is 16.8 Å². The van der Waals surface area contributed by atoms with Crippen molar-refractivity contribution in [1.29, 1.82) is 0 Å². The largest absolute Gasteiger partial charge is 0.478 e. The van der Waals surface area contributed by atoms with Crippen LogP contribution < -0.4 is 0 Å². The SMILES string of the molecule is Cc1ccc(-c2cc(C(=O)O)cc(S(C)=O)c2)nc1. The number of nitrogens with zero attached hydrogens (tertiary/aromatic N) is 1. The van der Waals surface area contributed by atoms with Crippen molar-refractivity contribution in [2.45, 2.75) is 11.8 Å². The van der Waals surface area contributed by atoms with Crippen molar-refractivity contribution in [3.8, 4) is 11.3 Å². The Hall–Kier alpha value is -2.01. The monoisotopic (exact) mass is 275 g/mol. The van der Waals surface area contributed by atoms with Crippen LogP contribution in [0.4, 0.5) is 0 Å². The fraction of sp³-hybridized carbons (Fsp3) is 0.143. The molecule has 0 saturated carbocycles. The predicted octanol–water partition coefficient (Wildman–Crippen LogP) is 2.49. The Balaban J connectivity index is 2.59. The van der Waals surface area contributed by atoms with Crippen LogP contribution in [0, 0.1) is 6.92 Å². The maximum atomic E-state index is 11.6. The summed E-state index contributed by atoms with van der Waals surface area (Å²) in [5, 5.41) is 9.09. The minimum absolute atomic E-state index is 0.116. The fourth-order valence-corrected chi connectivity index (χ4v) is 2.26. The molecular formula is C14H13NO3S. The van der Waals surface area contributed by atoms with Gasteiger partial charge in [-0.3, -0.25) is 9.19 Å². The molecule has 1 heterocycles. The van der Waals surface area contributed by atoms with Gasteiger partial charge in [0.2, 0.25) is 0 Å². The first-order valence-corrected chi connectivity index (χ1v) is 7.18. The van der Waals surface area contributed by atoms with E-state index in [2.05, 4.69) is 4.98 Å². The van der Waals surface area contributed by atoms with Crippen LogP contribution in [-0.2, 0) is 10.8 Å². The average Bonchev–Trinajstić information content (AvgIpc) is 2.39. The van der Waals surface area contributed by atoms with Crippen LogP contribution in [0.3, 0.4) is 0 Å². The molecule has 1 unspecified atom stereocenters. The molecule has 0 amide bonds. The van der Waals surface area contributed by atoms with E-state index in [9.17, 15) is 9.00 Å². The number of hydrogen-bond donors (Lipinski definition) is 1. The molecule has 98 valence electrons. The lowest BCUT2D eigenvalue weighted by Crippen LogP contribution is -2.00. The number of carboxylic acids is 1. The number of aryl methyl sites for hydroxylation is 1. The molecule has 0 radical (unpaired) electrons. The number of hydrogen-bond acceptors (Lipinski definition) is 3. The minimum atomic E-state index is -1.24. The van der Waals surface area contributed by atoms with Crippen LogP contribution in [0.25, 0.3) is 11.3 Å². The second-order valence-electron chi connectivity index (χ2n) is 4.23. The Kier molecular flexibility index (Phi) is 3.76. The predicted molar refractivity (Wildman–Crippen MR) is 73.7 cm³/mol. The molecule has 0 saturated heterocycles. The summed E-state index contributed by atoms with van der Waals surface area (Å²) in [5.74, 6) is -1.04. The molecule has 0 aliphatic heterocycles. The van der Waals surface area contributed by atoms with E-state index in [4.69, 9.17) is 5.11 Å². The smallest absolute Gasteiger partial charge is 0.335 e. The number of rotatable bonds is 3. The van der Waals surface area contributed by atoms with Gasteiger partial charge < -0.3 is 5.11 Å². The molecule has 1 aromatic heterocycles. The van der Waals surface area contributed by atoms with Crippen molar-refractivity contribution < 1.29 is 14.1 Å². The molecule has 5 heteroatoms. The summed E-state index contributed by atoms with van der Waals surface area (Å²) in [4.78, 5) is 15.8. The number of benzene rings is 1. The van der Waals surface area contributed by atoms with E-state index in [1.807, 2.05) is 19.1 Å². The maximum Gasteiger partial charge on any atom is 0.335 e. The number of pyridine rings is 1. The summed E-state index contributed by atoms with van der Waals surface area (Å²) in [7, 11) is -1.24. The van der Waals surface area contributed by atoms with Crippen molar-refractivity contribution in [2.24, 2.45) is 0 Å². The highest BCUT2D eigenvalue weighted by molar-refractivity contribution is 7.84. The molecule has 2 aromatic rings. The third-order valence-electron chi connectivity index (χ3n) is 2.69. The Morgan fingerprint density at radius 2 is 2.00 bits per heavy atom. The van der Waals surface area contributed by atoms with Gasteiger partial charge in [-0.2, -0.15) is 0 Å². The lowest BCUT2D eigenvalue weighted by molar-refractivity contribution is 0.0696. The van der Waals surface area contributed by atoms with Crippen molar-refractivity contribution in [2.75, 3.05) is 6.26 Å². The molecule has 1 atom stereocenters. The first-order valence-electron chi connectivity index (χ1n) is 5.62. The van der Waals surface area contributed by atoms with Gasteiger partial charge in [0.05, 0.1) is 11.3 Å². The molecule has 1 aromatic carbocycles. The topological polar surface area (TPSA) is 67.3 Å². The van der Waals surface area contributed by atoms with Crippen LogP contribution >= 0.6 is 0 Å². The van der Waals surface area contributed by atoms with Gasteiger partial charge in [0.15, 0.2) is 0 Å². The van der Waals surface area contributed by atoms with E-state index in [1.165, 1.54) is 18.4 Å². The van der Waals surface area contributed by atoms with E-state index in [0.29, 0.717) is 16.2 Å². The zero-order valence-corrected chi connectivity index (χ0v) is 11.4. The second kappa shape index (κ2) is 5.32. The van der Waals surface area contributed by atoms with Gasteiger partial charge in [-0.1, -0.05) is 6.07 Å². The van der Waals surface area contributed by atoms with E-state index in [-0.39, 0.29) is 5.56 Å². The van der Waals surface area contributed by atoms with Crippen molar-refractivity contribution in [3.63, 3.8) is 0 Å². The first kappa shape index (κ1) is 13.4. The van der Waals surface area contributed by atoms with Crippen LogP contribution in [0.1, 0.15) is 15.9 Å². The highest BCUT2D eigenvalue weighted by Crippen LogP contribution is 2.22. The molecule has 0 bridgehead atoms. The van der Waals surface area contributed by atoms with Gasteiger partial charge in [0, 0.05) is 33.7 Å². The van der Waals surface area contributed by atoms with Crippen LogP contribution in [0.2, 0.25) is 0 Å². The molecule has 4 nitrogen and oxygen atoms in total. The third-order valence-corrected chi connectivity index (χ3v) is 3.59. The van der Waals surface area contributed by atoms with Gasteiger partial charge in [-0.05, 0) is 36.8 Å². The quantitative estimate of drug-likeness (QED) is 0.934. The highest BCUT2D eigenvalue weighted by atomic mass is 32.2. The fourth-order valence-electron chi connectivity index (χ4n) is 1.67. The third kappa shape index (κ3) is 3.06. The number of aromatic nitrogens is 1. The van der Waals surface area contributed by atoms with Gasteiger partial charge in [-0.25, -0.2) is 4.79 Å². The molecule has 19 heavy (non-hydrogen) atoms. The highest BCUT2D eigenvalue weighted by Gasteiger charge is 2.10. The van der Waals surface area contributed by atoms with E-state index < -0.39 is 16.8 Å². The van der Waals surface area contributed by atoms with Gasteiger partial charge in [0.25, 0.3) is 0 Å². The van der Waals surface area contributed by atoms with Gasteiger partial charge >= 0.3 is 5.97 Å². The second-order valence-corrected chi connectivity index (χ2v) is 5.61. The summed E-state index contributed by atoms with van der Waals surface area (Å²) >= 11 is 0. The number of aromatic carboxylic acids is 1. The van der Waals surface area contributed by atoms with E-state index in [1.54, 1.807) is 12.3 Å². The Labute approximate surface area is 113 Å². The Morgan fingerprint density at radius 1 is 1.26 bits per heavy atom. The zero-order valence-electron chi connectivity index (χ0n) is 10.6.